The fourth-order valence-electron chi connectivity index (χ4n) is 3.45. The summed E-state index contributed by atoms with van der Waals surface area (Å²) in [6, 6.07) is 13.9. The fourth-order valence-corrected chi connectivity index (χ4v) is 5.09. The van der Waals surface area contributed by atoms with Crippen LogP contribution in [-0.2, 0) is 14.8 Å². The predicted octanol–water partition coefficient (Wildman–Crippen LogP) is 3.63. The van der Waals surface area contributed by atoms with E-state index in [-0.39, 0.29) is 28.6 Å². The second-order valence-electron chi connectivity index (χ2n) is 7.26. The van der Waals surface area contributed by atoms with Crippen LogP contribution in [0.1, 0.15) is 17.9 Å². The summed E-state index contributed by atoms with van der Waals surface area (Å²) in [5, 5.41) is 4.02. The van der Waals surface area contributed by atoms with Crippen LogP contribution < -0.4 is 10.0 Å². The Morgan fingerprint density at radius 3 is 2.61 bits per heavy atom. The molecule has 31 heavy (non-hydrogen) atoms. The molecular weight excluding hydrogens is 434 g/mol. The van der Waals surface area contributed by atoms with E-state index < -0.39 is 10.0 Å². The van der Waals surface area contributed by atoms with Gasteiger partial charge in [-0.2, -0.15) is 4.37 Å². The van der Waals surface area contributed by atoms with Gasteiger partial charge in [0.25, 0.3) is 10.0 Å². The minimum absolute atomic E-state index is 0.0158. The highest BCUT2D eigenvalue weighted by Crippen LogP contribution is 2.48. The Morgan fingerprint density at radius 2 is 1.84 bits per heavy atom. The van der Waals surface area contributed by atoms with Crippen LogP contribution in [0.3, 0.4) is 0 Å². The summed E-state index contributed by atoms with van der Waals surface area (Å²) in [4.78, 5) is 20.5. The summed E-state index contributed by atoms with van der Waals surface area (Å²) in [6.07, 6.45) is 5.45. The average Bonchev–Trinajstić information content (AvgIpc) is 3.44. The summed E-state index contributed by atoms with van der Waals surface area (Å²) in [6.45, 7) is 0. The zero-order valence-electron chi connectivity index (χ0n) is 16.1. The summed E-state index contributed by atoms with van der Waals surface area (Å²) < 4.78 is 32.5. The van der Waals surface area contributed by atoms with Crippen molar-refractivity contribution in [2.24, 2.45) is 5.92 Å². The Morgan fingerprint density at radius 1 is 1.06 bits per heavy atom. The summed E-state index contributed by atoms with van der Waals surface area (Å²) in [7, 11) is -3.78. The molecule has 0 spiro atoms. The van der Waals surface area contributed by atoms with Crippen LogP contribution >= 0.6 is 11.5 Å². The zero-order chi connectivity index (χ0) is 21.4. The number of carbonyl (C=O) groups excluding carboxylic acids is 1. The Kier molecular flexibility index (Phi) is 4.87. The quantitative estimate of drug-likeness (QED) is 0.463. The van der Waals surface area contributed by atoms with Gasteiger partial charge < -0.3 is 5.32 Å². The first-order chi connectivity index (χ1) is 15.0. The lowest BCUT2D eigenvalue weighted by molar-refractivity contribution is -0.117. The number of hydrogen-bond donors (Lipinski definition) is 2. The normalized spacial score (nSPS) is 17.9. The summed E-state index contributed by atoms with van der Waals surface area (Å²) in [5.41, 5.74) is 1.69. The van der Waals surface area contributed by atoms with Crippen molar-refractivity contribution in [1.82, 2.24) is 14.3 Å². The van der Waals surface area contributed by atoms with Gasteiger partial charge in [0.2, 0.25) is 11.9 Å². The largest absolute Gasteiger partial charge is 0.326 e. The molecule has 10 heteroatoms. The molecule has 5 rings (SSSR count). The van der Waals surface area contributed by atoms with Crippen LogP contribution in [0, 0.1) is 5.92 Å². The van der Waals surface area contributed by atoms with Gasteiger partial charge in [-0.1, -0.05) is 12.1 Å². The third-order valence-electron chi connectivity index (χ3n) is 5.16. The Hall–Kier alpha value is -3.37. The molecule has 156 valence electrons. The number of anilines is 2. The molecule has 4 aromatic rings. The maximum absolute atomic E-state index is 12.6. The molecule has 2 aromatic heterocycles. The lowest BCUT2D eigenvalue weighted by atomic mass is 10.1. The monoisotopic (exact) mass is 451 g/mol. The Bertz CT molecular complexity index is 1350. The van der Waals surface area contributed by atoms with E-state index in [1.165, 1.54) is 36.1 Å². The Balaban J connectivity index is 1.24. The maximum atomic E-state index is 12.6. The number of amides is 1. The molecular formula is C21H17N5O3S2. The van der Waals surface area contributed by atoms with Gasteiger partial charge in [-0.3, -0.25) is 4.79 Å². The topological polar surface area (TPSA) is 114 Å². The van der Waals surface area contributed by atoms with Gasteiger partial charge in [0.1, 0.15) is 0 Å². The number of aromatic nitrogens is 3. The highest BCUT2D eigenvalue weighted by molar-refractivity contribution is 7.92. The molecule has 2 unspecified atom stereocenters. The second kappa shape index (κ2) is 7.71. The third-order valence-corrected chi connectivity index (χ3v) is 7.27. The van der Waals surface area contributed by atoms with Gasteiger partial charge in [-0.15, -0.1) is 0 Å². The third kappa shape index (κ3) is 4.12. The van der Waals surface area contributed by atoms with Gasteiger partial charge in [0, 0.05) is 35.6 Å². The first-order valence-corrected chi connectivity index (χ1v) is 11.8. The van der Waals surface area contributed by atoms with Crippen LogP contribution in [-0.4, -0.2) is 28.7 Å². The molecule has 0 saturated heterocycles. The van der Waals surface area contributed by atoms with Gasteiger partial charge in [0.05, 0.1) is 9.60 Å². The van der Waals surface area contributed by atoms with Gasteiger partial charge >= 0.3 is 0 Å². The van der Waals surface area contributed by atoms with Crippen molar-refractivity contribution in [3.05, 3.63) is 72.7 Å². The van der Waals surface area contributed by atoms with E-state index in [4.69, 9.17) is 0 Å². The SMILES string of the molecule is O=C(Nc1ccc2cnsc2c1)C1CC1c1ccc(S(=O)(=O)Nc2ncccn2)cc1. The number of benzene rings is 2. The number of carbonyl (C=O) groups is 1. The Labute approximate surface area is 182 Å². The maximum Gasteiger partial charge on any atom is 0.264 e. The molecule has 1 aliphatic carbocycles. The van der Waals surface area contributed by atoms with Crippen LogP contribution in [0.4, 0.5) is 11.6 Å². The van der Waals surface area contributed by atoms with E-state index in [2.05, 4.69) is 24.4 Å². The van der Waals surface area contributed by atoms with Crippen molar-refractivity contribution in [3.63, 3.8) is 0 Å². The fraction of sp³-hybridized carbons (Fsp3) is 0.143. The van der Waals surface area contributed by atoms with Crippen molar-refractivity contribution < 1.29 is 13.2 Å². The molecule has 1 amide bonds. The van der Waals surface area contributed by atoms with Crippen LogP contribution in [0.25, 0.3) is 10.1 Å². The van der Waals surface area contributed by atoms with Gasteiger partial charge in [0.15, 0.2) is 0 Å². The van der Waals surface area contributed by atoms with Crippen LogP contribution in [0.5, 0.6) is 0 Å². The highest BCUT2D eigenvalue weighted by atomic mass is 32.2. The van der Waals surface area contributed by atoms with E-state index >= 15 is 0 Å². The number of hydrogen-bond acceptors (Lipinski definition) is 7. The van der Waals surface area contributed by atoms with Gasteiger partial charge in [-0.25, -0.2) is 23.1 Å². The first kappa shape index (κ1) is 19.6. The van der Waals surface area contributed by atoms with Crippen molar-refractivity contribution in [3.8, 4) is 0 Å². The molecule has 2 aromatic carbocycles. The van der Waals surface area contributed by atoms with Gasteiger partial charge in [-0.05, 0) is 65.8 Å². The molecule has 2 N–H and O–H groups in total. The molecule has 0 bridgehead atoms. The number of sulfonamides is 1. The second-order valence-corrected chi connectivity index (χ2v) is 9.78. The van der Waals surface area contributed by atoms with Crippen LogP contribution in [0.2, 0.25) is 0 Å². The first-order valence-electron chi connectivity index (χ1n) is 9.55. The highest BCUT2D eigenvalue weighted by Gasteiger charge is 2.44. The molecule has 1 fully saturated rings. The lowest BCUT2D eigenvalue weighted by Crippen LogP contribution is -2.15. The number of rotatable bonds is 6. The smallest absolute Gasteiger partial charge is 0.264 e. The van der Waals surface area contributed by atoms with Crippen molar-refractivity contribution in [1.29, 1.82) is 0 Å². The predicted molar refractivity (Wildman–Crippen MR) is 118 cm³/mol. The summed E-state index contributed by atoms with van der Waals surface area (Å²) >= 11 is 1.39. The van der Waals surface area contributed by atoms with Crippen molar-refractivity contribution >= 4 is 49.2 Å². The minimum Gasteiger partial charge on any atom is -0.326 e. The summed E-state index contributed by atoms with van der Waals surface area (Å²) in [5.74, 6) is -0.0692. The van der Waals surface area contributed by atoms with Crippen molar-refractivity contribution in [2.75, 3.05) is 10.0 Å². The van der Waals surface area contributed by atoms with E-state index in [9.17, 15) is 13.2 Å². The molecule has 2 atom stereocenters. The lowest BCUT2D eigenvalue weighted by Gasteiger charge is -2.08. The van der Waals surface area contributed by atoms with E-state index in [1.807, 2.05) is 18.2 Å². The molecule has 1 aliphatic rings. The van der Waals surface area contributed by atoms with Crippen molar-refractivity contribution in [2.45, 2.75) is 17.2 Å². The minimum atomic E-state index is -3.78. The number of nitrogens with one attached hydrogen (secondary N) is 2. The molecule has 2 heterocycles. The van der Waals surface area contributed by atoms with Crippen LogP contribution in [0.15, 0.2) is 72.0 Å². The molecule has 0 radical (unpaired) electrons. The zero-order valence-corrected chi connectivity index (χ0v) is 17.7. The number of nitrogens with zero attached hydrogens (tertiary/aromatic N) is 3. The molecule has 0 aliphatic heterocycles. The number of fused-ring (bicyclic) bond motifs is 1. The standard InChI is InChI=1S/C21H17N5O3S2/c27-20(25-15-5-2-14-12-24-30-19(14)10-15)18-11-17(18)13-3-6-16(7-4-13)31(28,29)26-21-22-8-1-9-23-21/h1-10,12,17-18H,11H2,(H,25,27)(H,22,23,26). The van der Waals surface area contributed by atoms with E-state index in [1.54, 1.807) is 24.4 Å². The van der Waals surface area contributed by atoms with E-state index in [0.717, 1.165) is 27.8 Å². The molecule has 1 saturated carbocycles. The van der Waals surface area contributed by atoms with E-state index in [0.29, 0.717) is 0 Å². The average molecular weight is 452 g/mol. The molecule has 8 nitrogen and oxygen atoms in total.